The number of hydrogen-bond donors (Lipinski definition) is 3. The minimum atomic E-state index is -0.826. The molecule has 1 amide bonds. The van der Waals surface area contributed by atoms with Gasteiger partial charge in [0.05, 0.1) is 24.7 Å². The number of benzene rings is 2. The molecule has 1 fully saturated rings. The fourth-order valence-corrected chi connectivity index (χ4v) is 4.39. The third kappa shape index (κ3) is 5.36. The fraction of sp³-hybridized carbons (Fsp3) is 0.222. The summed E-state index contributed by atoms with van der Waals surface area (Å²) >= 11 is 0. The largest absolute Gasteiger partial charge is 0.494 e. The molecule has 2 aromatic heterocycles. The number of piperazine rings is 1. The number of carbonyl (C=O) groups excluding carboxylic acids is 1. The molecule has 39 heavy (non-hydrogen) atoms. The Morgan fingerprint density at radius 3 is 2.64 bits per heavy atom. The minimum absolute atomic E-state index is 0.178. The van der Waals surface area contributed by atoms with Crippen molar-refractivity contribution in [2.24, 2.45) is 0 Å². The van der Waals surface area contributed by atoms with Crippen LogP contribution in [-0.2, 0) is 4.79 Å². The quantitative estimate of drug-likeness (QED) is 0.243. The van der Waals surface area contributed by atoms with Crippen molar-refractivity contribution < 1.29 is 9.53 Å². The molecule has 1 aliphatic rings. The molecule has 4 aromatic rings. The number of carbonyl (C=O) groups is 1. The van der Waals surface area contributed by atoms with E-state index >= 15 is 0 Å². The molecule has 3 N–H and O–H groups in total. The highest BCUT2D eigenvalue weighted by molar-refractivity contribution is 5.99. The molecule has 0 bridgehead atoms. The van der Waals surface area contributed by atoms with Crippen molar-refractivity contribution in [3.05, 3.63) is 82.0 Å². The summed E-state index contributed by atoms with van der Waals surface area (Å²) in [4.78, 5) is 53.1. The number of nitrogens with one attached hydrogen (secondary N) is 3. The van der Waals surface area contributed by atoms with Gasteiger partial charge in [-0.2, -0.15) is 4.98 Å². The predicted octanol–water partition coefficient (Wildman–Crippen LogP) is 2.10. The number of rotatable bonds is 7. The summed E-state index contributed by atoms with van der Waals surface area (Å²) in [5.41, 5.74) is 1.26. The Labute approximate surface area is 223 Å². The predicted molar refractivity (Wildman–Crippen MR) is 151 cm³/mol. The average molecular weight is 529 g/mol. The summed E-state index contributed by atoms with van der Waals surface area (Å²) in [5, 5.41) is 5.81. The van der Waals surface area contributed by atoms with Crippen LogP contribution in [0.2, 0.25) is 0 Å². The van der Waals surface area contributed by atoms with Crippen molar-refractivity contribution in [1.29, 1.82) is 0 Å². The normalized spacial score (nSPS) is 13.7. The van der Waals surface area contributed by atoms with Crippen molar-refractivity contribution in [2.45, 2.75) is 0 Å². The van der Waals surface area contributed by atoms with Crippen LogP contribution in [0.5, 0.6) is 5.75 Å². The van der Waals surface area contributed by atoms with Crippen LogP contribution in [0.3, 0.4) is 0 Å². The molecule has 0 radical (unpaired) electrons. The van der Waals surface area contributed by atoms with Gasteiger partial charge in [0.15, 0.2) is 5.65 Å². The maximum Gasteiger partial charge on any atom is 0.322 e. The highest BCUT2D eigenvalue weighted by Gasteiger charge is 2.17. The molecule has 1 aliphatic heterocycles. The van der Waals surface area contributed by atoms with Gasteiger partial charge in [0.1, 0.15) is 11.3 Å². The second kappa shape index (κ2) is 10.8. The lowest BCUT2D eigenvalue weighted by molar-refractivity contribution is -0.111. The zero-order valence-electron chi connectivity index (χ0n) is 21.6. The lowest BCUT2D eigenvalue weighted by Crippen LogP contribution is -2.44. The second-order valence-electron chi connectivity index (χ2n) is 9.07. The van der Waals surface area contributed by atoms with E-state index in [-0.39, 0.29) is 17.1 Å². The summed E-state index contributed by atoms with van der Waals surface area (Å²) in [6.45, 7) is 7.27. The Morgan fingerprint density at radius 1 is 1.10 bits per heavy atom. The number of aromatic amines is 1. The maximum atomic E-state index is 13.0. The second-order valence-corrected chi connectivity index (χ2v) is 9.07. The summed E-state index contributed by atoms with van der Waals surface area (Å²) in [5.74, 6) is 0.403. The van der Waals surface area contributed by atoms with Gasteiger partial charge in [-0.3, -0.25) is 19.0 Å². The summed E-state index contributed by atoms with van der Waals surface area (Å²) in [6, 6.07) is 12.4. The lowest BCUT2D eigenvalue weighted by Gasteiger charge is -2.34. The molecular formula is C27H28N8O4. The van der Waals surface area contributed by atoms with Crippen LogP contribution in [-0.4, -0.2) is 70.7 Å². The maximum absolute atomic E-state index is 13.0. The van der Waals surface area contributed by atoms with E-state index in [9.17, 15) is 14.4 Å². The van der Waals surface area contributed by atoms with Gasteiger partial charge in [0.25, 0.3) is 0 Å². The van der Waals surface area contributed by atoms with E-state index in [0.29, 0.717) is 22.8 Å². The first-order valence-electron chi connectivity index (χ1n) is 12.3. The molecule has 2 aromatic carbocycles. The number of likely N-dealkylation sites (N-methyl/N-ethyl adjacent to an activating group) is 1. The van der Waals surface area contributed by atoms with Crippen molar-refractivity contribution >= 4 is 40.1 Å². The van der Waals surface area contributed by atoms with E-state index in [2.05, 4.69) is 49.0 Å². The van der Waals surface area contributed by atoms with Crippen LogP contribution in [0.4, 0.5) is 23.0 Å². The Kier molecular flexibility index (Phi) is 7.10. The highest BCUT2D eigenvalue weighted by Crippen LogP contribution is 2.32. The smallest absolute Gasteiger partial charge is 0.322 e. The molecule has 12 heteroatoms. The molecule has 0 unspecified atom stereocenters. The first-order chi connectivity index (χ1) is 18.9. The van der Waals surface area contributed by atoms with Crippen molar-refractivity contribution in [3.8, 4) is 11.4 Å². The number of nitrogens with zero attached hydrogens (tertiary/aromatic N) is 5. The summed E-state index contributed by atoms with van der Waals surface area (Å²) in [6.07, 6.45) is 2.56. The third-order valence-corrected chi connectivity index (χ3v) is 6.48. The molecule has 1 saturated heterocycles. The summed E-state index contributed by atoms with van der Waals surface area (Å²) in [7, 11) is 3.71. The zero-order valence-corrected chi connectivity index (χ0v) is 21.6. The number of H-pyrrole nitrogens is 1. The number of amides is 1. The van der Waals surface area contributed by atoms with E-state index in [1.165, 1.54) is 10.8 Å². The number of fused-ring (bicyclic) bond motifs is 1. The van der Waals surface area contributed by atoms with E-state index < -0.39 is 17.0 Å². The van der Waals surface area contributed by atoms with E-state index in [1.807, 2.05) is 18.2 Å². The molecular weight excluding hydrogens is 500 g/mol. The number of ether oxygens (including phenoxy) is 1. The number of methoxy groups -OCH3 is 1. The molecule has 0 aliphatic carbocycles. The molecule has 200 valence electrons. The molecule has 12 nitrogen and oxygen atoms in total. The van der Waals surface area contributed by atoms with Gasteiger partial charge in [-0.05, 0) is 43.5 Å². The SMILES string of the molecule is C=CC(=O)Nc1cccc(-n2c(=O)c(=O)[nH]c3cnc(Nc4ccc(N5CCN(C)CC5)cc4OC)nc32)c1. The molecule has 0 spiro atoms. The van der Waals surface area contributed by atoms with Crippen LogP contribution in [0.1, 0.15) is 0 Å². The standard InChI is InChI=1S/C27H28N8O4/c1-4-23(36)29-17-6-5-7-19(14-17)35-24-21(30-25(37)26(35)38)16-28-27(32-24)31-20-9-8-18(15-22(20)39-3)34-12-10-33(2)11-13-34/h4-9,14-16H,1,10-13H2,2-3H3,(H,29,36)(H,30,37)(H,28,31,32). The van der Waals surface area contributed by atoms with E-state index in [1.54, 1.807) is 31.4 Å². The van der Waals surface area contributed by atoms with E-state index in [4.69, 9.17) is 4.74 Å². The van der Waals surface area contributed by atoms with Crippen molar-refractivity contribution in [1.82, 2.24) is 24.4 Å². The third-order valence-electron chi connectivity index (χ3n) is 6.48. The van der Waals surface area contributed by atoms with E-state index in [0.717, 1.165) is 37.9 Å². The lowest BCUT2D eigenvalue weighted by atomic mass is 10.2. The van der Waals surface area contributed by atoms with Crippen LogP contribution < -0.4 is 31.4 Å². The Balaban J connectivity index is 1.52. The van der Waals surface area contributed by atoms with Crippen LogP contribution in [0.15, 0.2) is 70.9 Å². The molecule has 0 saturated carbocycles. The highest BCUT2D eigenvalue weighted by atomic mass is 16.5. The van der Waals surface area contributed by atoms with Crippen molar-refractivity contribution in [3.63, 3.8) is 0 Å². The Hall–Kier alpha value is -4.97. The fourth-order valence-electron chi connectivity index (χ4n) is 4.39. The van der Waals surface area contributed by atoms with Gasteiger partial charge in [-0.15, -0.1) is 0 Å². The Bertz CT molecular complexity index is 1670. The first kappa shape index (κ1) is 25.7. The minimum Gasteiger partial charge on any atom is -0.494 e. The molecule has 5 rings (SSSR count). The van der Waals surface area contributed by atoms with Gasteiger partial charge < -0.3 is 30.2 Å². The van der Waals surface area contributed by atoms with Gasteiger partial charge in [0, 0.05) is 43.6 Å². The van der Waals surface area contributed by atoms with Crippen LogP contribution >= 0.6 is 0 Å². The van der Waals surface area contributed by atoms with Gasteiger partial charge >= 0.3 is 11.1 Å². The van der Waals surface area contributed by atoms with Crippen LogP contribution in [0, 0.1) is 0 Å². The molecule has 3 heterocycles. The first-order valence-corrected chi connectivity index (χ1v) is 12.3. The number of hydrogen-bond acceptors (Lipinski definition) is 9. The van der Waals surface area contributed by atoms with Crippen molar-refractivity contribution in [2.75, 3.05) is 55.9 Å². The monoisotopic (exact) mass is 528 g/mol. The zero-order chi connectivity index (χ0) is 27.5. The number of anilines is 4. The van der Waals surface area contributed by atoms with Gasteiger partial charge in [-0.1, -0.05) is 12.6 Å². The average Bonchev–Trinajstić information content (AvgIpc) is 2.94. The molecule has 0 atom stereocenters. The summed E-state index contributed by atoms with van der Waals surface area (Å²) < 4.78 is 6.82. The Morgan fingerprint density at radius 2 is 1.90 bits per heavy atom. The van der Waals surface area contributed by atoms with Gasteiger partial charge in [-0.25, -0.2) is 4.98 Å². The number of aromatic nitrogens is 4. The van der Waals surface area contributed by atoms with Crippen LogP contribution in [0.25, 0.3) is 16.9 Å². The van der Waals surface area contributed by atoms with Gasteiger partial charge in [0.2, 0.25) is 11.9 Å². The topological polar surface area (TPSA) is 137 Å².